The molecule has 1 amide bonds. The Morgan fingerprint density at radius 2 is 1.88 bits per heavy atom. The Morgan fingerprint density at radius 1 is 1.16 bits per heavy atom. The van der Waals surface area contributed by atoms with Crippen LogP contribution >= 0.6 is 11.3 Å². The van der Waals surface area contributed by atoms with Crippen LogP contribution in [0.15, 0.2) is 51.6 Å². The minimum absolute atomic E-state index is 0.0240. The van der Waals surface area contributed by atoms with Gasteiger partial charge in [0.25, 0.3) is 5.91 Å². The van der Waals surface area contributed by atoms with Crippen LogP contribution in [0.3, 0.4) is 0 Å². The summed E-state index contributed by atoms with van der Waals surface area (Å²) in [5, 5.41) is 11.8. The van der Waals surface area contributed by atoms with Crippen molar-refractivity contribution in [1.29, 1.82) is 0 Å². The molecule has 1 aliphatic heterocycles. The number of benzene rings is 1. The zero-order chi connectivity index (χ0) is 18.1. The van der Waals surface area contributed by atoms with Gasteiger partial charge in [-0.25, -0.2) is 13.2 Å². The Labute approximate surface area is 148 Å². The molecule has 1 aromatic carbocycles. The summed E-state index contributed by atoms with van der Waals surface area (Å²) in [5.74, 6) is -1.81. The number of carbonyl (C=O) groups excluding carboxylic acids is 1. The second kappa shape index (κ2) is 6.58. The molecule has 2 aromatic rings. The van der Waals surface area contributed by atoms with Crippen molar-refractivity contribution in [2.75, 3.05) is 13.2 Å². The molecule has 1 aromatic heterocycles. The Morgan fingerprint density at radius 3 is 2.48 bits per heavy atom. The van der Waals surface area contributed by atoms with E-state index >= 15 is 0 Å². The molecule has 1 fully saturated rings. The van der Waals surface area contributed by atoms with Crippen molar-refractivity contribution in [2.45, 2.75) is 21.1 Å². The second-order valence-electron chi connectivity index (χ2n) is 5.58. The van der Waals surface area contributed by atoms with Crippen LogP contribution in [0.2, 0.25) is 0 Å². The highest BCUT2D eigenvalue weighted by molar-refractivity contribution is 7.93. The SMILES string of the molecule is O=C(NC1(C(=O)O)CCOC1)c1ccc(S(=O)(=O)c2ccccc2)s1. The summed E-state index contributed by atoms with van der Waals surface area (Å²) in [5.41, 5.74) is -1.47. The van der Waals surface area contributed by atoms with Crippen LogP contribution in [0, 0.1) is 0 Å². The molecule has 0 spiro atoms. The third-order valence-electron chi connectivity index (χ3n) is 3.91. The number of carboxylic acid groups (broad SMARTS) is 1. The van der Waals surface area contributed by atoms with Crippen LogP contribution in [0.4, 0.5) is 0 Å². The van der Waals surface area contributed by atoms with Crippen molar-refractivity contribution < 1.29 is 27.9 Å². The van der Waals surface area contributed by atoms with Crippen LogP contribution in [-0.2, 0) is 19.4 Å². The van der Waals surface area contributed by atoms with Gasteiger partial charge in [-0.15, -0.1) is 11.3 Å². The summed E-state index contributed by atoms with van der Waals surface area (Å²) < 4.78 is 30.2. The lowest BCUT2D eigenvalue weighted by Crippen LogP contribution is -2.55. The Hall–Kier alpha value is -2.23. The second-order valence-corrected chi connectivity index (χ2v) is 8.84. The average molecular weight is 381 g/mol. The van der Waals surface area contributed by atoms with Crippen LogP contribution in [0.25, 0.3) is 0 Å². The number of hydrogen-bond acceptors (Lipinski definition) is 6. The average Bonchev–Trinajstić information content (AvgIpc) is 3.26. The lowest BCUT2D eigenvalue weighted by molar-refractivity contribution is -0.144. The van der Waals surface area contributed by atoms with Crippen molar-refractivity contribution >= 4 is 33.1 Å². The number of thiophene rings is 1. The van der Waals surface area contributed by atoms with Crippen LogP contribution in [0.1, 0.15) is 16.1 Å². The van der Waals surface area contributed by atoms with Crippen molar-refractivity contribution in [3.8, 4) is 0 Å². The Bertz CT molecular complexity index is 898. The maximum Gasteiger partial charge on any atom is 0.331 e. The standard InChI is InChI=1S/C16H15NO6S2/c18-14(17-16(15(19)20)8-9-23-10-16)12-6-7-13(24-12)25(21,22)11-4-2-1-3-5-11/h1-7H,8-10H2,(H,17,18)(H,19,20). The number of rotatable bonds is 5. The van der Waals surface area contributed by atoms with E-state index in [9.17, 15) is 23.1 Å². The molecule has 132 valence electrons. The molecule has 2 heterocycles. The number of sulfone groups is 1. The van der Waals surface area contributed by atoms with E-state index in [-0.39, 0.29) is 33.6 Å². The molecule has 0 radical (unpaired) electrons. The molecule has 0 saturated carbocycles. The summed E-state index contributed by atoms with van der Waals surface area (Å²) in [4.78, 5) is 24.1. The predicted octanol–water partition coefficient (Wildman–Crippen LogP) is 1.55. The lowest BCUT2D eigenvalue weighted by Gasteiger charge is -2.23. The molecular formula is C16H15NO6S2. The molecule has 0 bridgehead atoms. The van der Waals surface area contributed by atoms with Gasteiger partial charge in [0.1, 0.15) is 4.21 Å². The molecule has 1 saturated heterocycles. The van der Waals surface area contributed by atoms with E-state index < -0.39 is 27.3 Å². The first-order chi connectivity index (χ1) is 11.8. The fourth-order valence-corrected chi connectivity index (χ4v) is 5.09. The molecule has 7 nitrogen and oxygen atoms in total. The van der Waals surface area contributed by atoms with Gasteiger partial charge in [0.05, 0.1) is 16.4 Å². The van der Waals surface area contributed by atoms with E-state index in [2.05, 4.69) is 5.32 Å². The maximum absolute atomic E-state index is 12.6. The molecule has 1 unspecified atom stereocenters. The monoisotopic (exact) mass is 381 g/mol. The van der Waals surface area contributed by atoms with Gasteiger partial charge in [0.15, 0.2) is 5.54 Å². The minimum atomic E-state index is -3.71. The van der Waals surface area contributed by atoms with E-state index in [1.807, 2.05) is 0 Å². The molecule has 1 aliphatic rings. The highest BCUT2D eigenvalue weighted by Gasteiger charge is 2.44. The number of aliphatic carboxylic acids is 1. The van der Waals surface area contributed by atoms with Crippen LogP contribution in [-0.4, -0.2) is 44.2 Å². The van der Waals surface area contributed by atoms with E-state index in [1.54, 1.807) is 18.2 Å². The third kappa shape index (κ3) is 3.30. The number of ether oxygens (including phenoxy) is 1. The molecule has 1 atom stereocenters. The zero-order valence-corrected chi connectivity index (χ0v) is 14.6. The fourth-order valence-electron chi connectivity index (χ4n) is 2.47. The number of amides is 1. The molecule has 25 heavy (non-hydrogen) atoms. The number of carboxylic acids is 1. The quantitative estimate of drug-likeness (QED) is 0.813. The maximum atomic E-state index is 12.6. The first-order valence-electron chi connectivity index (χ1n) is 7.39. The predicted molar refractivity (Wildman–Crippen MR) is 89.5 cm³/mol. The molecule has 9 heteroatoms. The first-order valence-corrected chi connectivity index (χ1v) is 9.69. The van der Waals surface area contributed by atoms with Gasteiger partial charge in [-0.05, 0) is 24.3 Å². The Balaban J connectivity index is 1.84. The lowest BCUT2D eigenvalue weighted by atomic mass is 9.99. The van der Waals surface area contributed by atoms with Gasteiger partial charge >= 0.3 is 5.97 Å². The van der Waals surface area contributed by atoms with Gasteiger partial charge in [0, 0.05) is 13.0 Å². The number of hydrogen-bond donors (Lipinski definition) is 2. The van der Waals surface area contributed by atoms with Gasteiger partial charge in [-0.3, -0.25) is 4.79 Å². The molecule has 0 aliphatic carbocycles. The van der Waals surface area contributed by atoms with E-state index in [1.165, 1.54) is 24.3 Å². The summed E-state index contributed by atoms with van der Waals surface area (Å²) in [6.07, 6.45) is 0.161. The van der Waals surface area contributed by atoms with E-state index in [4.69, 9.17) is 4.74 Å². The largest absolute Gasteiger partial charge is 0.479 e. The van der Waals surface area contributed by atoms with Gasteiger partial charge in [-0.1, -0.05) is 18.2 Å². The fraction of sp³-hybridized carbons (Fsp3) is 0.250. The van der Waals surface area contributed by atoms with Gasteiger partial charge in [0.2, 0.25) is 9.84 Å². The van der Waals surface area contributed by atoms with E-state index in [0.717, 1.165) is 11.3 Å². The summed E-state index contributed by atoms with van der Waals surface area (Å²) in [7, 11) is -3.71. The summed E-state index contributed by atoms with van der Waals surface area (Å²) >= 11 is 0.803. The van der Waals surface area contributed by atoms with Crippen molar-refractivity contribution in [1.82, 2.24) is 5.32 Å². The summed E-state index contributed by atoms with van der Waals surface area (Å²) in [6, 6.07) is 10.6. The van der Waals surface area contributed by atoms with Crippen LogP contribution < -0.4 is 5.32 Å². The van der Waals surface area contributed by atoms with Crippen molar-refractivity contribution in [3.05, 3.63) is 47.3 Å². The normalized spacial score (nSPS) is 20.3. The summed E-state index contributed by atoms with van der Waals surface area (Å²) in [6.45, 7) is 0.124. The van der Waals surface area contributed by atoms with E-state index in [0.29, 0.717) is 0 Å². The highest BCUT2D eigenvalue weighted by atomic mass is 32.2. The molecule has 2 N–H and O–H groups in total. The Kier molecular flexibility index (Phi) is 4.63. The molecular weight excluding hydrogens is 366 g/mol. The smallest absolute Gasteiger partial charge is 0.331 e. The number of nitrogens with one attached hydrogen (secondary N) is 1. The zero-order valence-electron chi connectivity index (χ0n) is 13.0. The van der Waals surface area contributed by atoms with Gasteiger partial charge < -0.3 is 15.2 Å². The van der Waals surface area contributed by atoms with Crippen molar-refractivity contribution in [3.63, 3.8) is 0 Å². The first kappa shape index (κ1) is 17.6. The molecule has 3 rings (SSSR count). The minimum Gasteiger partial charge on any atom is -0.479 e. The van der Waals surface area contributed by atoms with Crippen molar-refractivity contribution in [2.24, 2.45) is 0 Å². The number of carbonyl (C=O) groups is 2. The van der Waals surface area contributed by atoms with Gasteiger partial charge in [-0.2, -0.15) is 0 Å². The third-order valence-corrected chi connectivity index (χ3v) is 7.25. The van der Waals surface area contributed by atoms with Crippen LogP contribution in [0.5, 0.6) is 0 Å². The topological polar surface area (TPSA) is 110 Å². The highest BCUT2D eigenvalue weighted by Crippen LogP contribution is 2.28.